The van der Waals surface area contributed by atoms with Crippen molar-refractivity contribution < 1.29 is 4.79 Å². The van der Waals surface area contributed by atoms with Crippen LogP contribution in [0.25, 0.3) is 0 Å². The number of hydrogen-bond acceptors (Lipinski definition) is 4. The normalized spacial score (nSPS) is 26.6. The number of likely N-dealkylation sites (tertiary alicyclic amines) is 1. The summed E-state index contributed by atoms with van der Waals surface area (Å²) >= 11 is 5.95. The molecule has 2 N–H and O–H groups in total. The van der Waals surface area contributed by atoms with Gasteiger partial charge in [-0.15, -0.1) is 0 Å². The van der Waals surface area contributed by atoms with Gasteiger partial charge in [-0.25, -0.2) is 4.98 Å². The van der Waals surface area contributed by atoms with E-state index in [1.165, 1.54) is 19.0 Å². The maximum Gasteiger partial charge on any atom is 0.255 e. The highest BCUT2D eigenvalue weighted by atomic mass is 35.5. The van der Waals surface area contributed by atoms with E-state index >= 15 is 0 Å². The van der Waals surface area contributed by atoms with Gasteiger partial charge in [-0.1, -0.05) is 11.6 Å². The Morgan fingerprint density at radius 1 is 1.40 bits per heavy atom. The molecule has 1 amide bonds. The van der Waals surface area contributed by atoms with Crippen LogP contribution in [0, 0.1) is 0 Å². The minimum absolute atomic E-state index is 0.000324. The molecule has 0 radical (unpaired) electrons. The fourth-order valence-electron chi connectivity index (χ4n) is 3.24. The van der Waals surface area contributed by atoms with E-state index in [-0.39, 0.29) is 11.7 Å². The van der Waals surface area contributed by atoms with E-state index in [0.717, 1.165) is 19.5 Å². The van der Waals surface area contributed by atoms with Crippen LogP contribution in [0.3, 0.4) is 0 Å². The van der Waals surface area contributed by atoms with Gasteiger partial charge in [-0.3, -0.25) is 9.69 Å². The van der Waals surface area contributed by atoms with E-state index in [1.54, 1.807) is 6.07 Å². The molecule has 2 bridgehead atoms. The molecule has 20 heavy (non-hydrogen) atoms. The van der Waals surface area contributed by atoms with Gasteiger partial charge in [0, 0.05) is 31.4 Å². The van der Waals surface area contributed by atoms with Crippen LogP contribution < -0.4 is 5.73 Å². The number of carbonyl (C=O) groups excluding carboxylic acids is 1. The molecule has 0 aliphatic carbocycles. The van der Waals surface area contributed by atoms with Crippen LogP contribution in [0.4, 0.5) is 5.82 Å². The average Bonchev–Trinajstić information content (AvgIpc) is 2.66. The molecule has 1 aromatic heterocycles. The zero-order valence-corrected chi connectivity index (χ0v) is 12.3. The molecule has 3 rings (SSSR count). The lowest BCUT2D eigenvalue weighted by Gasteiger charge is -2.25. The first-order chi connectivity index (χ1) is 9.56. The van der Waals surface area contributed by atoms with Crippen molar-refractivity contribution >= 4 is 23.3 Å². The van der Waals surface area contributed by atoms with Crippen molar-refractivity contribution in [3.05, 3.63) is 22.8 Å². The van der Waals surface area contributed by atoms with Gasteiger partial charge in [0.15, 0.2) is 0 Å². The number of nitrogens with zero attached hydrogens (tertiary/aromatic N) is 3. The number of amides is 1. The standard InChI is InChI=1S/C14H19ClN4O/c1-18-10-2-3-11(18)8-19(5-4-10)14(20)9-6-12(15)13(16)17-7-9/h6-7,10-11H,2-5,8H2,1H3,(H2,16,17). The summed E-state index contributed by atoms with van der Waals surface area (Å²) in [7, 11) is 2.16. The van der Waals surface area contributed by atoms with Crippen LogP contribution in [0.2, 0.25) is 5.02 Å². The molecule has 108 valence electrons. The lowest BCUT2D eigenvalue weighted by Crippen LogP contribution is -2.39. The number of fused-ring (bicyclic) bond motifs is 2. The lowest BCUT2D eigenvalue weighted by atomic mass is 10.1. The summed E-state index contributed by atoms with van der Waals surface area (Å²) < 4.78 is 0. The Kier molecular flexibility index (Phi) is 3.56. The molecule has 0 spiro atoms. The van der Waals surface area contributed by atoms with Crippen LogP contribution >= 0.6 is 11.6 Å². The van der Waals surface area contributed by atoms with Gasteiger partial charge in [-0.05, 0) is 32.4 Å². The Morgan fingerprint density at radius 2 is 2.15 bits per heavy atom. The molecule has 5 nitrogen and oxygen atoms in total. The Morgan fingerprint density at radius 3 is 2.90 bits per heavy atom. The number of nitrogen functional groups attached to an aromatic ring is 1. The quantitative estimate of drug-likeness (QED) is 0.855. The highest BCUT2D eigenvalue weighted by Gasteiger charge is 2.36. The number of aromatic nitrogens is 1. The third kappa shape index (κ3) is 2.36. The molecular weight excluding hydrogens is 276 g/mol. The molecule has 2 unspecified atom stereocenters. The third-order valence-corrected chi connectivity index (χ3v) is 4.85. The lowest BCUT2D eigenvalue weighted by molar-refractivity contribution is 0.0740. The minimum atomic E-state index is 0.000324. The Hall–Kier alpha value is -1.33. The summed E-state index contributed by atoms with van der Waals surface area (Å²) in [6, 6.07) is 2.70. The first-order valence-corrected chi connectivity index (χ1v) is 7.36. The topological polar surface area (TPSA) is 62.5 Å². The van der Waals surface area contributed by atoms with Crippen molar-refractivity contribution in [1.82, 2.24) is 14.8 Å². The molecule has 0 saturated carbocycles. The molecule has 3 heterocycles. The SMILES string of the molecule is CN1C2CCC1CN(C(=O)c1cnc(N)c(Cl)c1)CC2. The van der Waals surface area contributed by atoms with E-state index in [1.807, 2.05) is 4.90 Å². The highest BCUT2D eigenvalue weighted by molar-refractivity contribution is 6.33. The summed E-state index contributed by atoms with van der Waals surface area (Å²) in [6.45, 7) is 1.58. The predicted octanol–water partition coefficient (Wildman–Crippen LogP) is 1.63. The van der Waals surface area contributed by atoms with Crippen molar-refractivity contribution in [2.45, 2.75) is 31.3 Å². The Bertz CT molecular complexity index is 536. The van der Waals surface area contributed by atoms with Crippen LogP contribution in [-0.4, -0.2) is 52.9 Å². The molecule has 2 atom stereocenters. The number of nitrogens with two attached hydrogens (primary N) is 1. The van der Waals surface area contributed by atoms with Crippen LogP contribution in [-0.2, 0) is 0 Å². The fraction of sp³-hybridized carbons (Fsp3) is 0.571. The van der Waals surface area contributed by atoms with Gasteiger partial charge in [0.25, 0.3) is 5.91 Å². The van der Waals surface area contributed by atoms with Crippen LogP contribution in [0.1, 0.15) is 29.6 Å². The summed E-state index contributed by atoms with van der Waals surface area (Å²) in [6.07, 6.45) is 4.97. The number of anilines is 1. The van der Waals surface area contributed by atoms with Gasteiger partial charge in [0.1, 0.15) is 5.82 Å². The summed E-state index contributed by atoms with van der Waals surface area (Å²) in [5, 5.41) is 0.337. The molecule has 2 aliphatic rings. The molecule has 0 aromatic carbocycles. The van der Waals surface area contributed by atoms with E-state index in [2.05, 4.69) is 16.9 Å². The van der Waals surface area contributed by atoms with Crippen LogP contribution in [0.15, 0.2) is 12.3 Å². The minimum Gasteiger partial charge on any atom is -0.382 e. The van der Waals surface area contributed by atoms with Gasteiger partial charge in [0.2, 0.25) is 0 Å². The zero-order valence-electron chi connectivity index (χ0n) is 11.6. The number of pyridine rings is 1. The maximum absolute atomic E-state index is 12.6. The first-order valence-electron chi connectivity index (χ1n) is 6.98. The van der Waals surface area contributed by atoms with E-state index in [4.69, 9.17) is 17.3 Å². The summed E-state index contributed by atoms with van der Waals surface area (Å²) in [4.78, 5) is 20.9. The van der Waals surface area contributed by atoms with Crippen molar-refractivity contribution in [3.63, 3.8) is 0 Å². The number of carbonyl (C=O) groups is 1. The van der Waals surface area contributed by atoms with E-state index < -0.39 is 0 Å². The van der Waals surface area contributed by atoms with Gasteiger partial charge in [0.05, 0.1) is 10.6 Å². The number of hydrogen-bond donors (Lipinski definition) is 1. The highest BCUT2D eigenvalue weighted by Crippen LogP contribution is 2.29. The third-order valence-electron chi connectivity index (χ3n) is 4.55. The molecular formula is C14H19ClN4O. The maximum atomic E-state index is 12.6. The summed E-state index contributed by atoms with van der Waals surface area (Å²) in [5.74, 6) is 0.262. The van der Waals surface area contributed by atoms with Crippen molar-refractivity contribution in [1.29, 1.82) is 0 Å². The second-order valence-corrected chi connectivity index (χ2v) is 6.09. The summed E-state index contributed by atoms with van der Waals surface area (Å²) in [5.41, 5.74) is 6.10. The molecule has 2 aliphatic heterocycles. The van der Waals surface area contributed by atoms with Crippen molar-refractivity contribution in [2.24, 2.45) is 0 Å². The first kappa shape index (κ1) is 13.6. The monoisotopic (exact) mass is 294 g/mol. The van der Waals surface area contributed by atoms with Crippen molar-refractivity contribution in [3.8, 4) is 0 Å². The van der Waals surface area contributed by atoms with Crippen LogP contribution in [0.5, 0.6) is 0 Å². The fourth-order valence-corrected chi connectivity index (χ4v) is 3.41. The second-order valence-electron chi connectivity index (χ2n) is 5.68. The van der Waals surface area contributed by atoms with E-state index in [0.29, 0.717) is 22.7 Å². The predicted molar refractivity (Wildman–Crippen MR) is 78.8 cm³/mol. The smallest absolute Gasteiger partial charge is 0.255 e. The van der Waals surface area contributed by atoms with E-state index in [9.17, 15) is 4.79 Å². The largest absolute Gasteiger partial charge is 0.382 e. The van der Waals surface area contributed by atoms with Crippen molar-refractivity contribution in [2.75, 3.05) is 25.9 Å². The van der Waals surface area contributed by atoms with Gasteiger partial charge in [-0.2, -0.15) is 0 Å². The molecule has 6 heteroatoms. The molecule has 2 fully saturated rings. The zero-order chi connectivity index (χ0) is 14.3. The second kappa shape index (κ2) is 5.22. The Balaban J connectivity index is 1.78. The van der Waals surface area contributed by atoms with Gasteiger partial charge < -0.3 is 10.6 Å². The molecule has 2 saturated heterocycles. The molecule has 1 aromatic rings. The number of halogens is 1. The Labute approximate surface area is 123 Å². The number of likely N-dealkylation sites (N-methyl/N-ethyl adjacent to an activating group) is 1. The average molecular weight is 295 g/mol. The number of rotatable bonds is 1. The van der Waals surface area contributed by atoms with Gasteiger partial charge >= 0.3 is 0 Å².